The molecule has 0 unspecified atom stereocenters. The van der Waals surface area contributed by atoms with Gasteiger partial charge in [-0.3, -0.25) is 9.59 Å². The first-order valence-corrected chi connectivity index (χ1v) is 6.99. The molecular formula is C15H17NO6. The molecule has 1 N–H and O–H groups in total. The fourth-order valence-electron chi connectivity index (χ4n) is 2.18. The van der Waals surface area contributed by atoms with Crippen molar-refractivity contribution in [3.63, 3.8) is 0 Å². The maximum atomic E-state index is 12.2. The van der Waals surface area contributed by atoms with E-state index in [2.05, 4.69) is 0 Å². The van der Waals surface area contributed by atoms with E-state index in [9.17, 15) is 14.4 Å². The lowest BCUT2D eigenvalue weighted by atomic mass is 10.1. The Labute approximate surface area is 127 Å². The van der Waals surface area contributed by atoms with Crippen LogP contribution in [0, 0.1) is 0 Å². The summed E-state index contributed by atoms with van der Waals surface area (Å²) in [5, 5.41) is 9.08. The SMILES string of the molecule is CCOC(=O)CCN1C(=O)CCOc2ccc(C(=O)O)cc21. The van der Waals surface area contributed by atoms with E-state index in [4.69, 9.17) is 14.6 Å². The Kier molecular flexibility index (Phi) is 4.98. The summed E-state index contributed by atoms with van der Waals surface area (Å²) < 4.78 is 10.3. The van der Waals surface area contributed by atoms with E-state index in [1.54, 1.807) is 6.92 Å². The molecule has 7 heteroatoms. The quantitative estimate of drug-likeness (QED) is 0.828. The fraction of sp³-hybridized carbons (Fsp3) is 0.400. The van der Waals surface area contributed by atoms with Crippen LogP contribution in [0.3, 0.4) is 0 Å². The molecule has 1 aromatic carbocycles. The smallest absolute Gasteiger partial charge is 0.335 e. The predicted octanol–water partition coefficient (Wildman–Crippen LogP) is 1.45. The highest BCUT2D eigenvalue weighted by atomic mass is 16.5. The molecule has 0 saturated carbocycles. The normalized spacial score (nSPS) is 13.9. The lowest BCUT2D eigenvalue weighted by molar-refractivity contribution is -0.142. The van der Waals surface area contributed by atoms with Gasteiger partial charge in [0.05, 0.1) is 37.3 Å². The standard InChI is InChI=1S/C15H17NO6/c1-2-21-14(18)5-7-16-11-9-10(15(19)20)3-4-12(11)22-8-6-13(16)17/h3-4,9H,2,5-8H2,1H3,(H,19,20). The molecular weight excluding hydrogens is 290 g/mol. The van der Waals surface area contributed by atoms with Crippen molar-refractivity contribution in [2.24, 2.45) is 0 Å². The number of benzene rings is 1. The number of ether oxygens (including phenoxy) is 2. The van der Waals surface area contributed by atoms with Crippen molar-refractivity contribution in [1.82, 2.24) is 0 Å². The van der Waals surface area contributed by atoms with Gasteiger partial charge in [-0.2, -0.15) is 0 Å². The first-order valence-electron chi connectivity index (χ1n) is 6.99. The van der Waals surface area contributed by atoms with E-state index < -0.39 is 11.9 Å². The van der Waals surface area contributed by atoms with Crippen molar-refractivity contribution >= 4 is 23.5 Å². The lowest BCUT2D eigenvalue weighted by Gasteiger charge is -2.21. The minimum absolute atomic E-state index is 0.0380. The average molecular weight is 307 g/mol. The third-order valence-electron chi connectivity index (χ3n) is 3.22. The van der Waals surface area contributed by atoms with Gasteiger partial charge in [0.1, 0.15) is 5.75 Å². The number of anilines is 1. The Bertz CT molecular complexity index is 598. The second-order valence-corrected chi connectivity index (χ2v) is 4.69. The Morgan fingerprint density at radius 1 is 1.41 bits per heavy atom. The average Bonchev–Trinajstić information content (AvgIpc) is 2.63. The molecule has 1 aromatic rings. The maximum Gasteiger partial charge on any atom is 0.335 e. The Morgan fingerprint density at radius 3 is 2.86 bits per heavy atom. The van der Waals surface area contributed by atoms with Crippen LogP contribution in [0.15, 0.2) is 18.2 Å². The van der Waals surface area contributed by atoms with Gasteiger partial charge in [-0.25, -0.2) is 4.79 Å². The molecule has 0 fully saturated rings. The van der Waals surface area contributed by atoms with Gasteiger partial charge >= 0.3 is 11.9 Å². The van der Waals surface area contributed by atoms with Gasteiger partial charge in [0.2, 0.25) is 5.91 Å². The third-order valence-corrected chi connectivity index (χ3v) is 3.22. The third kappa shape index (κ3) is 3.55. The van der Waals surface area contributed by atoms with Crippen LogP contribution in [-0.4, -0.2) is 42.7 Å². The largest absolute Gasteiger partial charge is 0.491 e. The van der Waals surface area contributed by atoms with Crippen molar-refractivity contribution in [3.05, 3.63) is 23.8 Å². The number of amides is 1. The molecule has 22 heavy (non-hydrogen) atoms. The van der Waals surface area contributed by atoms with Crippen LogP contribution in [0.4, 0.5) is 5.69 Å². The number of carbonyl (C=O) groups is 3. The molecule has 7 nitrogen and oxygen atoms in total. The minimum atomic E-state index is -1.09. The van der Waals surface area contributed by atoms with Gasteiger partial charge in [-0.15, -0.1) is 0 Å². The van der Waals surface area contributed by atoms with Crippen LogP contribution in [0.5, 0.6) is 5.75 Å². The fourth-order valence-corrected chi connectivity index (χ4v) is 2.18. The van der Waals surface area contributed by atoms with Gasteiger partial charge in [-0.05, 0) is 25.1 Å². The van der Waals surface area contributed by atoms with E-state index in [0.29, 0.717) is 11.4 Å². The van der Waals surface area contributed by atoms with E-state index in [0.717, 1.165) is 0 Å². The molecule has 0 aliphatic carbocycles. The topological polar surface area (TPSA) is 93.1 Å². The summed E-state index contributed by atoms with van der Waals surface area (Å²) in [5.41, 5.74) is 0.421. The summed E-state index contributed by atoms with van der Waals surface area (Å²) in [5.74, 6) is -1.29. The van der Waals surface area contributed by atoms with Crippen molar-refractivity contribution in [2.45, 2.75) is 19.8 Å². The van der Waals surface area contributed by atoms with Crippen molar-refractivity contribution in [1.29, 1.82) is 0 Å². The molecule has 1 amide bonds. The number of aromatic carboxylic acids is 1. The summed E-state index contributed by atoms with van der Waals surface area (Å²) in [6.07, 6.45) is 0.205. The summed E-state index contributed by atoms with van der Waals surface area (Å²) in [6, 6.07) is 4.32. The van der Waals surface area contributed by atoms with Gasteiger partial charge in [0.15, 0.2) is 0 Å². The molecule has 0 aromatic heterocycles. The van der Waals surface area contributed by atoms with Gasteiger partial charge in [0, 0.05) is 6.54 Å². The van der Waals surface area contributed by atoms with E-state index >= 15 is 0 Å². The number of hydrogen-bond acceptors (Lipinski definition) is 5. The van der Waals surface area contributed by atoms with Crippen molar-refractivity contribution in [3.8, 4) is 5.75 Å². The molecule has 0 radical (unpaired) electrons. The second kappa shape index (κ2) is 6.93. The monoisotopic (exact) mass is 307 g/mol. The molecule has 0 atom stereocenters. The first kappa shape index (κ1) is 15.8. The lowest BCUT2D eigenvalue weighted by Crippen LogP contribution is -2.32. The maximum absolute atomic E-state index is 12.2. The van der Waals surface area contributed by atoms with Gasteiger partial charge in [-0.1, -0.05) is 0 Å². The number of hydrogen-bond donors (Lipinski definition) is 1. The summed E-state index contributed by atoms with van der Waals surface area (Å²) >= 11 is 0. The zero-order valence-electron chi connectivity index (χ0n) is 12.2. The zero-order valence-corrected chi connectivity index (χ0v) is 12.2. The van der Waals surface area contributed by atoms with Crippen molar-refractivity contribution in [2.75, 3.05) is 24.7 Å². The second-order valence-electron chi connectivity index (χ2n) is 4.69. The number of carboxylic acids is 1. The van der Waals surface area contributed by atoms with Crippen LogP contribution in [0.25, 0.3) is 0 Å². The first-order chi connectivity index (χ1) is 10.5. The van der Waals surface area contributed by atoms with Gasteiger partial charge < -0.3 is 19.5 Å². The molecule has 0 spiro atoms. The molecule has 118 valence electrons. The number of rotatable bonds is 5. The predicted molar refractivity (Wildman–Crippen MR) is 77.1 cm³/mol. The van der Waals surface area contributed by atoms with Crippen LogP contribution < -0.4 is 9.64 Å². The molecule has 2 rings (SSSR count). The Morgan fingerprint density at radius 2 is 2.18 bits per heavy atom. The van der Waals surface area contributed by atoms with Gasteiger partial charge in [0.25, 0.3) is 0 Å². The van der Waals surface area contributed by atoms with Crippen LogP contribution in [0.2, 0.25) is 0 Å². The molecule has 0 saturated heterocycles. The molecule has 0 bridgehead atoms. The van der Waals surface area contributed by atoms with E-state index in [-0.39, 0.29) is 44.1 Å². The summed E-state index contributed by atoms with van der Waals surface area (Å²) in [6.45, 7) is 2.32. The number of fused-ring (bicyclic) bond motifs is 1. The van der Waals surface area contributed by atoms with Crippen LogP contribution in [-0.2, 0) is 14.3 Å². The summed E-state index contributed by atoms with van der Waals surface area (Å²) in [7, 11) is 0. The molecule has 1 aliphatic rings. The van der Waals surface area contributed by atoms with Crippen LogP contribution >= 0.6 is 0 Å². The Hall–Kier alpha value is -2.57. The number of carboxylic acid groups (broad SMARTS) is 1. The van der Waals surface area contributed by atoms with Crippen molar-refractivity contribution < 1.29 is 29.0 Å². The number of carbonyl (C=O) groups excluding carboxylic acids is 2. The zero-order chi connectivity index (χ0) is 16.1. The highest BCUT2D eigenvalue weighted by Crippen LogP contribution is 2.32. The van der Waals surface area contributed by atoms with E-state index in [1.807, 2.05) is 0 Å². The van der Waals surface area contributed by atoms with Crippen LogP contribution in [0.1, 0.15) is 30.1 Å². The summed E-state index contributed by atoms with van der Waals surface area (Å²) in [4.78, 5) is 36.1. The van der Waals surface area contributed by atoms with E-state index in [1.165, 1.54) is 23.1 Å². The molecule has 1 aliphatic heterocycles. The Balaban J connectivity index is 2.27. The minimum Gasteiger partial charge on any atom is -0.491 e. The highest BCUT2D eigenvalue weighted by molar-refractivity contribution is 5.98. The number of nitrogens with zero attached hydrogens (tertiary/aromatic N) is 1. The number of esters is 1. The highest BCUT2D eigenvalue weighted by Gasteiger charge is 2.25. The molecule has 1 heterocycles.